The number of esters is 1. The summed E-state index contributed by atoms with van der Waals surface area (Å²) < 4.78 is 10.7. The van der Waals surface area contributed by atoms with Crippen LogP contribution in [0.3, 0.4) is 0 Å². The molecule has 5 heteroatoms. The van der Waals surface area contributed by atoms with Crippen molar-refractivity contribution in [2.75, 3.05) is 18.5 Å². The Labute approximate surface area is 173 Å². The fourth-order valence-corrected chi connectivity index (χ4v) is 3.12. The summed E-state index contributed by atoms with van der Waals surface area (Å²) in [5, 5.41) is 2.88. The Balaban J connectivity index is 1.90. The van der Waals surface area contributed by atoms with Crippen LogP contribution in [0.4, 0.5) is 5.69 Å². The molecule has 0 aliphatic carbocycles. The SMILES string of the molecule is CCc1cccc(CC)c1NC(=O)COC(=O)COc1ccccc1C(C)(C)C. The molecule has 156 valence electrons. The van der Waals surface area contributed by atoms with E-state index in [1.807, 2.05) is 56.3 Å². The summed E-state index contributed by atoms with van der Waals surface area (Å²) in [6.07, 6.45) is 1.62. The smallest absolute Gasteiger partial charge is 0.344 e. The third-order valence-corrected chi connectivity index (χ3v) is 4.67. The highest BCUT2D eigenvalue weighted by Crippen LogP contribution is 2.30. The minimum absolute atomic E-state index is 0.107. The van der Waals surface area contributed by atoms with Crippen LogP contribution in [0.2, 0.25) is 0 Å². The van der Waals surface area contributed by atoms with Gasteiger partial charge in [-0.3, -0.25) is 4.79 Å². The van der Waals surface area contributed by atoms with E-state index in [1.165, 1.54) is 0 Å². The lowest BCUT2D eigenvalue weighted by Gasteiger charge is -2.22. The maximum absolute atomic E-state index is 12.3. The molecule has 0 spiro atoms. The maximum atomic E-state index is 12.3. The molecule has 2 rings (SSSR count). The lowest BCUT2D eigenvalue weighted by molar-refractivity contribution is -0.149. The van der Waals surface area contributed by atoms with Gasteiger partial charge in [-0.1, -0.05) is 71.0 Å². The second-order valence-corrected chi connectivity index (χ2v) is 7.90. The average Bonchev–Trinajstić information content (AvgIpc) is 2.70. The van der Waals surface area contributed by atoms with Crippen LogP contribution in [0.15, 0.2) is 42.5 Å². The molecule has 1 amide bonds. The van der Waals surface area contributed by atoms with Crippen molar-refractivity contribution >= 4 is 17.6 Å². The number of nitrogens with one attached hydrogen (secondary N) is 1. The molecule has 0 bridgehead atoms. The Morgan fingerprint density at radius 3 is 2.10 bits per heavy atom. The summed E-state index contributed by atoms with van der Waals surface area (Å²) in [5.74, 6) is -0.293. The van der Waals surface area contributed by atoms with Crippen molar-refractivity contribution in [1.29, 1.82) is 0 Å². The zero-order valence-corrected chi connectivity index (χ0v) is 18.0. The van der Waals surface area contributed by atoms with Gasteiger partial charge in [-0.15, -0.1) is 0 Å². The van der Waals surface area contributed by atoms with Crippen LogP contribution < -0.4 is 10.1 Å². The molecule has 2 aromatic rings. The van der Waals surface area contributed by atoms with Crippen molar-refractivity contribution < 1.29 is 19.1 Å². The molecule has 0 aliphatic heterocycles. The second kappa shape index (κ2) is 10.1. The fourth-order valence-electron chi connectivity index (χ4n) is 3.12. The number of rotatable bonds is 8. The van der Waals surface area contributed by atoms with Crippen molar-refractivity contribution in [1.82, 2.24) is 0 Å². The molecule has 0 atom stereocenters. The van der Waals surface area contributed by atoms with Crippen molar-refractivity contribution in [3.63, 3.8) is 0 Å². The van der Waals surface area contributed by atoms with Gasteiger partial charge in [0.1, 0.15) is 5.75 Å². The van der Waals surface area contributed by atoms with Crippen molar-refractivity contribution in [3.05, 3.63) is 59.2 Å². The Kier molecular flexibility index (Phi) is 7.82. The molecule has 0 aliphatic rings. The van der Waals surface area contributed by atoms with Crippen molar-refractivity contribution in [2.45, 2.75) is 52.9 Å². The Morgan fingerprint density at radius 2 is 1.52 bits per heavy atom. The number of amides is 1. The molecule has 0 saturated heterocycles. The van der Waals surface area contributed by atoms with Crippen molar-refractivity contribution in [3.8, 4) is 5.75 Å². The number of carbonyl (C=O) groups is 2. The number of hydrogen-bond donors (Lipinski definition) is 1. The van der Waals surface area contributed by atoms with Crippen LogP contribution in [0.1, 0.15) is 51.3 Å². The summed E-state index contributed by atoms with van der Waals surface area (Å²) in [5.41, 5.74) is 3.84. The quantitative estimate of drug-likeness (QED) is 0.658. The molecule has 0 radical (unpaired) electrons. The first kappa shape index (κ1) is 22.5. The normalized spacial score (nSPS) is 11.1. The molecule has 0 fully saturated rings. The van der Waals surface area contributed by atoms with Gasteiger partial charge in [0.25, 0.3) is 5.91 Å². The molecule has 0 heterocycles. The van der Waals surface area contributed by atoms with Crippen molar-refractivity contribution in [2.24, 2.45) is 0 Å². The van der Waals surface area contributed by atoms with Crippen LogP contribution >= 0.6 is 0 Å². The van der Waals surface area contributed by atoms with E-state index in [4.69, 9.17) is 9.47 Å². The molecular formula is C24H31NO4. The monoisotopic (exact) mass is 397 g/mol. The number of para-hydroxylation sites is 2. The minimum Gasteiger partial charge on any atom is -0.482 e. The van der Waals surface area contributed by atoms with Gasteiger partial charge in [0.05, 0.1) is 0 Å². The third kappa shape index (κ3) is 6.34. The molecule has 1 N–H and O–H groups in total. The highest BCUT2D eigenvalue weighted by Gasteiger charge is 2.19. The maximum Gasteiger partial charge on any atom is 0.344 e. The van der Waals surface area contributed by atoms with Gasteiger partial charge in [0.15, 0.2) is 13.2 Å². The number of benzene rings is 2. The molecule has 0 unspecified atom stereocenters. The predicted molar refractivity (Wildman–Crippen MR) is 115 cm³/mol. The van der Waals surface area contributed by atoms with Gasteiger partial charge in [0.2, 0.25) is 0 Å². The molecule has 0 aromatic heterocycles. The molecule has 5 nitrogen and oxygen atoms in total. The van der Waals surface area contributed by atoms with Crippen LogP contribution in [0.25, 0.3) is 0 Å². The van der Waals surface area contributed by atoms with E-state index in [2.05, 4.69) is 26.1 Å². The lowest BCUT2D eigenvalue weighted by Crippen LogP contribution is -2.25. The Hall–Kier alpha value is -2.82. The molecule has 29 heavy (non-hydrogen) atoms. The lowest BCUT2D eigenvalue weighted by atomic mass is 9.86. The first-order valence-electron chi connectivity index (χ1n) is 10.0. The third-order valence-electron chi connectivity index (χ3n) is 4.67. The Bertz CT molecular complexity index is 830. The summed E-state index contributed by atoms with van der Waals surface area (Å²) in [4.78, 5) is 24.3. The highest BCUT2D eigenvalue weighted by atomic mass is 16.6. The van der Waals surface area contributed by atoms with Gasteiger partial charge < -0.3 is 14.8 Å². The zero-order valence-electron chi connectivity index (χ0n) is 18.0. The van der Waals surface area contributed by atoms with Crippen LogP contribution in [-0.4, -0.2) is 25.1 Å². The summed E-state index contributed by atoms with van der Waals surface area (Å²) in [7, 11) is 0. The number of hydrogen-bond acceptors (Lipinski definition) is 4. The summed E-state index contributed by atoms with van der Waals surface area (Å²) >= 11 is 0. The Morgan fingerprint density at radius 1 is 0.897 bits per heavy atom. The van der Waals surface area contributed by atoms with E-state index in [0.29, 0.717) is 5.75 Å². The van der Waals surface area contributed by atoms with E-state index >= 15 is 0 Å². The largest absolute Gasteiger partial charge is 0.482 e. The van der Waals surface area contributed by atoms with E-state index in [0.717, 1.165) is 35.2 Å². The summed E-state index contributed by atoms with van der Waals surface area (Å²) in [6.45, 7) is 9.73. The van der Waals surface area contributed by atoms with Crippen LogP contribution in [0.5, 0.6) is 5.75 Å². The van der Waals surface area contributed by atoms with Gasteiger partial charge in [-0.25, -0.2) is 4.79 Å². The first-order chi connectivity index (χ1) is 13.8. The predicted octanol–water partition coefficient (Wildman–Crippen LogP) is 4.67. The fraction of sp³-hybridized carbons (Fsp3) is 0.417. The van der Waals surface area contributed by atoms with E-state index < -0.39 is 5.97 Å². The second-order valence-electron chi connectivity index (χ2n) is 7.90. The van der Waals surface area contributed by atoms with Crippen LogP contribution in [0, 0.1) is 0 Å². The first-order valence-corrected chi connectivity index (χ1v) is 10.0. The van der Waals surface area contributed by atoms with E-state index in [9.17, 15) is 9.59 Å². The molecule has 0 saturated carbocycles. The van der Waals surface area contributed by atoms with Gasteiger partial charge in [-0.05, 0) is 41.0 Å². The number of ether oxygens (including phenoxy) is 2. The van der Waals surface area contributed by atoms with Gasteiger partial charge in [-0.2, -0.15) is 0 Å². The standard InChI is InChI=1S/C24H31NO4/c1-6-17-11-10-12-18(7-2)23(17)25-21(26)15-29-22(27)16-28-20-14-9-8-13-19(20)24(3,4)5/h8-14H,6-7,15-16H2,1-5H3,(H,25,26). The zero-order chi connectivity index (χ0) is 21.4. The van der Waals surface area contributed by atoms with E-state index in [1.54, 1.807) is 0 Å². The summed E-state index contributed by atoms with van der Waals surface area (Å²) in [6, 6.07) is 13.6. The highest BCUT2D eigenvalue weighted by molar-refractivity contribution is 5.94. The minimum atomic E-state index is -0.580. The molecular weight excluding hydrogens is 366 g/mol. The topological polar surface area (TPSA) is 64.6 Å². The average molecular weight is 398 g/mol. The van der Waals surface area contributed by atoms with Gasteiger partial charge >= 0.3 is 5.97 Å². The van der Waals surface area contributed by atoms with Crippen LogP contribution in [-0.2, 0) is 32.6 Å². The molecule has 2 aromatic carbocycles. The van der Waals surface area contributed by atoms with Gasteiger partial charge in [0, 0.05) is 5.69 Å². The van der Waals surface area contributed by atoms with E-state index in [-0.39, 0.29) is 24.5 Å². The number of carbonyl (C=O) groups excluding carboxylic acids is 2. The number of aryl methyl sites for hydroxylation is 2. The number of anilines is 1.